The van der Waals surface area contributed by atoms with Gasteiger partial charge in [0.2, 0.25) is 0 Å². The summed E-state index contributed by atoms with van der Waals surface area (Å²) in [6.07, 6.45) is 0. The van der Waals surface area contributed by atoms with E-state index >= 15 is 0 Å². The third kappa shape index (κ3) is 5.30. The monoisotopic (exact) mass is 663 g/mol. The van der Waals surface area contributed by atoms with E-state index in [-0.39, 0.29) is 0 Å². The Morgan fingerprint density at radius 3 is 1.63 bits per heavy atom. The van der Waals surface area contributed by atoms with Crippen LogP contribution in [-0.4, -0.2) is 0 Å². The van der Waals surface area contributed by atoms with Gasteiger partial charge in [-0.3, -0.25) is 0 Å². The van der Waals surface area contributed by atoms with Gasteiger partial charge in [-0.15, -0.1) is 0 Å². The molecule has 0 amide bonds. The van der Waals surface area contributed by atoms with Crippen molar-refractivity contribution in [1.29, 1.82) is 0 Å². The van der Waals surface area contributed by atoms with Crippen LogP contribution in [0.1, 0.15) is 0 Å². The van der Waals surface area contributed by atoms with Crippen molar-refractivity contribution in [2.75, 3.05) is 4.90 Å². The van der Waals surface area contributed by atoms with E-state index in [1.807, 2.05) is 0 Å². The molecule has 10 aromatic rings. The molecule has 0 radical (unpaired) electrons. The van der Waals surface area contributed by atoms with Gasteiger partial charge in [-0.05, 0) is 110 Å². The van der Waals surface area contributed by atoms with Gasteiger partial charge in [0.1, 0.15) is 11.2 Å². The van der Waals surface area contributed by atoms with Crippen LogP contribution in [0.25, 0.3) is 76.9 Å². The molecule has 1 aromatic heterocycles. The Hall–Kier alpha value is -6.90. The predicted octanol–water partition coefficient (Wildman–Crippen LogP) is 14.4. The van der Waals surface area contributed by atoms with Gasteiger partial charge in [0.05, 0.1) is 5.69 Å². The topological polar surface area (TPSA) is 16.4 Å². The molecule has 0 aliphatic heterocycles. The number of anilines is 3. The van der Waals surface area contributed by atoms with Crippen LogP contribution in [0.5, 0.6) is 0 Å². The van der Waals surface area contributed by atoms with Crippen molar-refractivity contribution in [3.63, 3.8) is 0 Å². The minimum absolute atomic E-state index is 0.891. The van der Waals surface area contributed by atoms with Crippen LogP contribution in [0.2, 0.25) is 0 Å². The SMILES string of the molecule is c1ccc(-c2cccc(N(c3cccc(-c4ccc5ccccc5c4)c3)c3ccccc3-c3ccc4oc5cc6ccccc6cc5c4c3)c2)cc1. The Labute approximate surface area is 302 Å². The number of rotatable bonds is 6. The first kappa shape index (κ1) is 30.0. The zero-order valence-electron chi connectivity index (χ0n) is 28.4. The van der Waals surface area contributed by atoms with Crippen molar-refractivity contribution >= 4 is 60.5 Å². The molecule has 2 heteroatoms. The molecule has 2 nitrogen and oxygen atoms in total. The van der Waals surface area contributed by atoms with Gasteiger partial charge in [0, 0.05) is 27.7 Å². The van der Waals surface area contributed by atoms with Crippen molar-refractivity contribution in [2.24, 2.45) is 0 Å². The molecular weight excluding hydrogens is 631 g/mol. The van der Waals surface area contributed by atoms with E-state index in [4.69, 9.17) is 4.42 Å². The zero-order valence-corrected chi connectivity index (χ0v) is 28.4. The second-order valence-electron chi connectivity index (χ2n) is 13.4. The van der Waals surface area contributed by atoms with Crippen molar-refractivity contribution in [3.05, 3.63) is 200 Å². The predicted molar refractivity (Wildman–Crippen MR) is 220 cm³/mol. The molecule has 0 unspecified atom stereocenters. The Balaban J connectivity index is 1.16. The molecule has 52 heavy (non-hydrogen) atoms. The van der Waals surface area contributed by atoms with Gasteiger partial charge in [0.25, 0.3) is 0 Å². The van der Waals surface area contributed by atoms with Crippen LogP contribution in [0, 0.1) is 0 Å². The first-order valence-electron chi connectivity index (χ1n) is 17.7. The summed E-state index contributed by atoms with van der Waals surface area (Å²) in [7, 11) is 0. The van der Waals surface area contributed by atoms with Crippen LogP contribution in [0.15, 0.2) is 205 Å². The molecule has 0 fully saturated rings. The van der Waals surface area contributed by atoms with Gasteiger partial charge in [-0.25, -0.2) is 0 Å². The lowest BCUT2D eigenvalue weighted by molar-refractivity contribution is 0.669. The molecule has 9 aromatic carbocycles. The Kier molecular flexibility index (Phi) is 7.18. The van der Waals surface area contributed by atoms with E-state index in [2.05, 4.69) is 205 Å². The largest absolute Gasteiger partial charge is 0.456 e. The zero-order chi connectivity index (χ0) is 34.4. The van der Waals surface area contributed by atoms with Crippen molar-refractivity contribution < 1.29 is 4.42 Å². The molecular formula is C50H33NO. The second kappa shape index (κ2) is 12.5. The standard InChI is InChI=1S/C50H33NO/c1-2-12-34(13-3-1)37-18-10-20-43(29-37)51(44-21-11-19-38(30-44)41-25-24-35-14-4-5-15-36(35)28-41)48-23-9-8-22-45(48)42-26-27-49-46(32-42)47-31-39-16-6-7-17-40(39)33-50(47)52-49/h1-33H. The molecule has 0 saturated carbocycles. The van der Waals surface area contributed by atoms with Crippen molar-refractivity contribution in [3.8, 4) is 33.4 Å². The summed E-state index contributed by atoms with van der Waals surface area (Å²) in [5.74, 6) is 0. The van der Waals surface area contributed by atoms with E-state index in [9.17, 15) is 0 Å². The van der Waals surface area contributed by atoms with E-state index < -0.39 is 0 Å². The lowest BCUT2D eigenvalue weighted by atomic mass is 9.97. The number of hydrogen-bond acceptors (Lipinski definition) is 2. The molecule has 0 aliphatic carbocycles. The van der Waals surface area contributed by atoms with Gasteiger partial charge in [-0.1, -0.05) is 140 Å². The van der Waals surface area contributed by atoms with E-state index in [1.165, 1.54) is 43.8 Å². The Bertz CT molecular complexity index is 2920. The third-order valence-electron chi connectivity index (χ3n) is 10.2. The van der Waals surface area contributed by atoms with Gasteiger partial charge in [0.15, 0.2) is 0 Å². The van der Waals surface area contributed by atoms with Crippen LogP contribution < -0.4 is 4.90 Å². The number of nitrogens with zero attached hydrogens (tertiary/aromatic N) is 1. The highest BCUT2D eigenvalue weighted by molar-refractivity contribution is 6.11. The van der Waals surface area contributed by atoms with Crippen LogP contribution >= 0.6 is 0 Å². The minimum atomic E-state index is 0.891. The van der Waals surface area contributed by atoms with E-state index in [0.717, 1.165) is 50.1 Å². The summed E-state index contributed by atoms with van der Waals surface area (Å²) in [5.41, 5.74) is 12.1. The minimum Gasteiger partial charge on any atom is -0.456 e. The number of benzene rings is 9. The third-order valence-corrected chi connectivity index (χ3v) is 10.2. The average molecular weight is 664 g/mol. The smallest absolute Gasteiger partial charge is 0.136 e. The molecule has 0 aliphatic rings. The summed E-state index contributed by atoms with van der Waals surface area (Å²) in [4.78, 5) is 2.40. The maximum atomic E-state index is 6.39. The first-order valence-corrected chi connectivity index (χ1v) is 17.7. The van der Waals surface area contributed by atoms with Crippen molar-refractivity contribution in [2.45, 2.75) is 0 Å². The number of hydrogen-bond donors (Lipinski definition) is 0. The maximum Gasteiger partial charge on any atom is 0.136 e. The summed E-state index contributed by atoms with van der Waals surface area (Å²) in [6.45, 7) is 0. The number of para-hydroxylation sites is 1. The molecule has 0 atom stereocenters. The highest BCUT2D eigenvalue weighted by atomic mass is 16.3. The lowest BCUT2D eigenvalue weighted by Gasteiger charge is -2.29. The quantitative estimate of drug-likeness (QED) is 0.176. The van der Waals surface area contributed by atoms with Gasteiger partial charge in [-0.2, -0.15) is 0 Å². The second-order valence-corrected chi connectivity index (χ2v) is 13.4. The number of fused-ring (bicyclic) bond motifs is 5. The van der Waals surface area contributed by atoms with Gasteiger partial charge < -0.3 is 9.32 Å². The highest BCUT2D eigenvalue weighted by Crippen LogP contribution is 2.44. The average Bonchev–Trinajstić information content (AvgIpc) is 3.57. The van der Waals surface area contributed by atoms with Crippen molar-refractivity contribution in [1.82, 2.24) is 0 Å². The molecule has 0 N–H and O–H groups in total. The van der Waals surface area contributed by atoms with Crippen LogP contribution in [0.4, 0.5) is 17.1 Å². The Morgan fingerprint density at radius 2 is 0.865 bits per heavy atom. The molecule has 244 valence electrons. The fraction of sp³-hybridized carbons (Fsp3) is 0. The van der Waals surface area contributed by atoms with Crippen LogP contribution in [-0.2, 0) is 0 Å². The van der Waals surface area contributed by atoms with Gasteiger partial charge >= 0.3 is 0 Å². The number of furan rings is 1. The summed E-state index contributed by atoms with van der Waals surface area (Å²) >= 11 is 0. The van der Waals surface area contributed by atoms with Crippen LogP contribution in [0.3, 0.4) is 0 Å². The molecule has 10 rings (SSSR count). The molecule has 0 saturated heterocycles. The highest BCUT2D eigenvalue weighted by Gasteiger charge is 2.19. The molecule has 0 bridgehead atoms. The Morgan fingerprint density at radius 1 is 0.308 bits per heavy atom. The lowest BCUT2D eigenvalue weighted by Crippen LogP contribution is -2.11. The molecule has 1 heterocycles. The van der Waals surface area contributed by atoms with E-state index in [1.54, 1.807) is 0 Å². The maximum absolute atomic E-state index is 6.39. The fourth-order valence-corrected chi connectivity index (χ4v) is 7.62. The summed E-state index contributed by atoms with van der Waals surface area (Å²) in [6, 6.07) is 71.9. The fourth-order valence-electron chi connectivity index (χ4n) is 7.62. The molecule has 0 spiro atoms. The summed E-state index contributed by atoms with van der Waals surface area (Å²) < 4.78 is 6.39. The first-order chi connectivity index (χ1) is 25.7. The normalized spacial score (nSPS) is 11.5. The summed E-state index contributed by atoms with van der Waals surface area (Å²) in [5, 5.41) is 7.11. The van der Waals surface area contributed by atoms with E-state index in [0.29, 0.717) is 0 Å².